The van der Waals surface area contributed by atoms with Crippen LogP contribution in [0.4, 0.5) is 0 Å². The highest BCUT2D eigenvalue weighted by Crippen LogP contribution is 2.19. The van der Waals surface area contributed by atoms with Gasteiger partial charge in [-0.25, -0.2) is 4.98 Å². The van der Waals surface area contributed by atoms with Gasteiger partial charge in [-0.15, -0.1) is 0 Å². The minimum absolute atomic E-state index is 0.0152. The third-order valence-corrected chi connectivity index (χ3v) is 3.09. The maximum absolute atomic E-state index is 6.15. The fourth-order valence-corrected chi connectivity index (χ4v) is 2.06. The molecule has 0 aliphatic carbocycles. The van der Waals surface area contributed by atoms with Crippen LogP contribution < -0.4 is 5.73 Å². The normalized spacial score (nSPS) is 12.7. The first kappa shape index (κ1) is 11.4. The van der Waals surface area contributed by atoms with Crippen LogP contribution >= 0.6 is 15.9 Å². The van der Waals surface area contributed by atoms with Gasteiger partial charge < -0.3 is 10.3 Å². The van der Waals surface area contributed by atoms with Crippen molar-refractivity contribution in [1.29, 1.82) is 0 Å². The average molecular weight is 280 g/mol. The molecule has 0 fully saturated rings. The highest BCUT2D eigenvalue weighted by atomic mass is 79.9. The number of nitrogens with two attached hydrogens (primary N) is 1. The van der Waals surface area contributed by atoms with Gasteiger partial charge in [0.2, 0.25) is 0 Å². The zero-order valence-electron chi connectivity index (χ0n) is 9.10. The number of nitrogens with zero attached hydrogens (tertiary/aromatic N) is 2. The summed E-state index contributed by atoms with van der Waals surface area (Å²) >= 11 is 3.45. The van der Waals surface area contributed by atoms with Gasteiger partial charge in [-0.2, -0.15) is 0 Å². The van der Waals surface area contributed by atoms with Crippen LogP contribution in [0, 0.1) is 0 Å². The molecule has 1 heterocycles. The highest BCUT2D eigenvalue weighted by molar-refractivity contribution is 9.10. The number of rotatable bonds is 3. The minimum Gasteiger partial charge on any atom is -0.338 e. The molecule has 84 valence electrons. The van der Waals surface area contributed by atoms with Gasteiger partial charge in [-0.1, -0.05) is 28.1 Å². The summed E-state index contributed by atoms with van der Waals surface area (Å²) in [6.07, 6.45) is 4.48. The second kappa shape index (κ2) is 4.80. The van der Waals surface area contributed by atoms with Crippen molar-refractivity contribution in [3.63, 3.8) is 0 Å². The number of aryl methyl sites for hydroxylation is 1. The molecule has 16 heavy (non-hydrogen) atoms. The van der Waals surface area contributed by atoms with Crippen LogP contribution in [0.15, 0.2) is 41.1 Å². The molecule has 1 aromatic heterocycles. The van der Waals surface area contributed by atoms with Crippen LogP contribution in [0.25, 0.3) is 0 Å². The van der Waals surface area contributed by atoms with Gasteiger partial charge in [0.15, 0.2) is 0 Å². The number of hydrogen-bond donors (Lipinski definition) is 1. The van der Waals surface area contributed by atoms with E-state index in [0.29, 0.717) is 0 Å². The van der Waals surface area contributed by atoms with Crippen molar-refractivity contribution in [2.24, 2.45) is 12.8 Å². The Morgan fingerprint density at radius 3 is 2.94 bits per heavy atom. The van der Waals surface area contributed by atoms with Gasteiger partial charge in [0.05, 0.1) is 0 Å². The van der Waals surface area contributed by atoms with Crippen LogP contribution in [0.3, 0.4) is 0 Å². The summed E-state index contributed by atoms with van der Waals surface area (Å²) in [5.74, 6) is 1.01. The zero-order chi connectivity index (χ0) is 11.5. The SMILES string of the molecule is Cn1ccnc1CC(N)c1cccc(Br)c1. The molecule has 0 saturated heterocycles. The van der Waals surface area contributed by atoms with E-state index in [-0.39, 0.29) is 6.04 Å². The predicted molar refractivity (Wildman–Crippen MR) is 68.0 cm³/mol. The Bertz CT molecular complexity index is 479. The topological polar surface area (TPSA) is 43.8 Å². The minimum atomic E-state index is -0.0152. The number of hydrogen-bond acceptors (Lipinski definition) is 2. The molecule has 0 bridgehead atoms. The number of aromatic nitrogens is 2. The molecule has 1 aromatic carbocycles. The largest absolute Gasteiger partial charge is 0.338 e. The summed E-state index contributed by atoms with van der Waals surface area (Å²) in [6.45, 7) is 0. The van der Waals surface area contributed by atoms with E-state index in [2.05, 4.69) is 20.9 Å². The average Bonchev–Trinajstić information content (AvgIpc) is 2.64. The molecular formula is C12H14BrN3. The summed E-state index contributed by atoms with van der Waals surface area (Å²) in [4.78, 5) is 4.27. The molecule has 0 spiro atoms. The fourth-order valence-electron chi connectivity index (χ4n) is 1.64. The second-order valence-corrected chi connectivity index (χ2v) is 4.74. The molecule has 1 atom stereocenters. The quantitative estimate of drug-likeness (QED) is 0.938. The lowest BCUT2D eigenvalue weighted by Crippen LogP contribution is -2.15. The molecule has 0 aliphatic rings. The van der Waals surface area contributed by atoms with Crippen molar-refractivity contribution in [2.75, 3.05) is 0 Å². The Kier molecular flexibility index (Phi) is 3.41. The molecule has 3 nitrogen and oxygen atoms in total. The molecule has 2 aromatic rings. The molecule has 1 unspecified atom stereocenters. The van der Waals surface area contributed by atoms with Gasteiger partial charge in [0.25, 0.3) is 0 Å². The molecule has 2 N–H and O–H groups in total. The Morgan fingerprint density at radius 2 is 2.31 bits per heavy atom. The van der Waals surface area contributed by atoms with E-state index in [9.17, 15) is 0 Å². The van der Waals surface area contributed by atoms with Crippen molar-refractivity contribution in [2.45, 2.75) is 12.5 Å². The van der Waals surface area contributed by atoms with Crippen molar-refractivity contribution >= 4 is 15.9 Å². The Morgan fingerprint density at radius 1 is 1.50 bits per heavy atom. The van der Waals surface area contributed by atoms with Gasteiger partial charge >= 0.3 is 0 Å². The maximum atomic E-state index is 6.15. The molecule has 0 amide bonds. The van der Waals surface area contributed by atoms with Crippen LogP contribution in [0.1, 0.15) is 17.4 Å². The first-order valence-electron chi connectivity index (χ1n) is 5.14. The summed E-state index contributed by atoms with van der Waals surface area (Å²) in [5.41, 5.74) is 7.27. The lowest BCUT2D eigenvalue weighted by atomic mass is 10.0. The fraction of sp³-hybridized carbons (Fsp3) is 0.250. The van der Waals surface area contributed by atoms with Crippen LogP contribution in [0.2, 0.25) is 0 Å². The summed E-state index contributed by atoms with van der Waals surface area (Å²) in [6, 6.07) is 8.07. The van der Waals surface area contributed by atoms with E-state index in [1.54, 1.807) is 6.20 Å². The first-order chi connectivity index (χ1) is 7.66. The number of halogens is 1. The Labute approximate surface area is 103 Å². The molecule has 0 radical (unpaired) electrons. The summed E-state index contributed by atoms with van der Waals surface area (Å²) < 4.78 is 3.05. The third kappa shape index (κ3) is 2.51. The van der Waals surface area contributed by atoms with E-state index in [0.717, 1.165) is 22.3 Å². The second-order valence-electron chi connectivity index (χ2n) is 3.82. The number of imidazole rings is 1. The smallest absolute Gasteiger partial charge is 0.110 e. The van der Waals surface area contributed by atoms with Crippen LogP contribution in [-0.4, -0.2) is 9.55 Å². The molecule has 4 heteroatoms. The summed E-state index contributed by atoms with van der Waals surface area (Å²) in [7, 11) is 1.98. The standard InChI is InChI=1S/C12H14BrN3/c1-16-6-5-15-12(16)8-11(14)9-3-2-4-10(13)7-9/h2-7,11H,8,14H2,1H3. The van der Waals surface area contributed by atoms with E-state index in [4.69, 9.17) is 5.73 Å². The van der Waals surface area contributed by atoms with E-state index >= 15 is 0 Å². The molecular weight excluding hydrogens is 266 g/mol. The van der Waals surface area contributed by atoms with Gasteiger partial charge in [-0.3, -0.25) is 0 Å². The van der Waals surface area contributed by atoms with Crippen LogP contribution in [-0.2, 0) is 13.5 Å². The lowest BCUT2D eigenvalue weighted by Gasteiger charge is -2.12. The van der Waals surface area contributed by atoms with Gasteiger partial charge in [0.1, 0.15) is 5.82 Å². The Balaban J connectivity index is 2.14. The van der Waals surface area contributed by atoms with Crippen molar-refractivity contribution in [3.8, 4) is 0 Å². The van der Waals surface area contributed by atoms with Crippen molar-refractivity contribution in [1.82, 2.24) is 9.55 Å². The maximum Gasteiger partial charge on any atom is 0.110 e. The number of benzene rings is 1. The van der Waals surface area contributed by atoms with Crippen molar-refractivity contribution in [3.05, 3.63) is 52.5 Å². The van der Waals surface area contributed by atoms with Gasteiger partial charge in [0, 0.05) is 36.4 Å². The van der Waals surface area contributed by atoms with E-state index in [1.807, 2.05) is 42.1 Å². The third-order valence-electron chi connectivity index (χ3n) is 2.60. The highest BCUT2D eigenvalue weighted by Gasteiger charge is 2.10. The first-order valence-corrected chi connectivity index (χ1v) is 5.93. The van der Waals surface area contributed by atoms with E-state index < -0.39 is 0 Å². The Hall–Kier alpha value is -1.13. The summed E-state index contributed by atoms with van der Waals surface area (Å²) in [5, 5.41) is 0. The van der Waals surface area contributed by atoms with Gasteiger partial charge in [-0.05, 0) is 17.7 Å². The van der Waals surface area contributed by atoms with Crippen LogP contribution in [0.5, 0.6) is 0 Å². The molecule has 2 rings (SSSR count). The lowest BCUT2D eigenvalue weighted by molar-refractivity contribution is 0.659. The zero-order valence-corrected chi connectivity index (χ0v) is 10.7. The predicted octanol–water partition coefficient (Wildman–Crippen LogP) is 2.43. The molecule has 0 aliphatic heterocycles. The monoisotopic (exact) mass is 279 g/mol. The van der Waals surface area contributed by atoms with Crippen molar-refractivity contribution < 1.29 is 0 Å². The molecule has 0 saturated carbocycles. The van der Waals surface area contributed by atoms with E-state index in [1.165, 1.54) is 0 Å².